The second-order valence-corrected chi connectivity index (χ2v) is 9.78. The molecule has 3 heterocycles. The van der Waals surface area contributed by atoms with E-state index in [1.165, 1.54) is 0 Å². The highest BCUT2D eigenvalue weighted by molar-refractivity contribution is 7.91. The first-order valence-corrected chi connectivity index (χ1v) is 11.1. The molecule has 1 fully saturated rings. The Hall–Kier alpha value is -1.76. The van der Waals surface area contributed by atoms with Crippen LogP contribution in [0.3, 0.4) is 0 Å². The van der Waals surface area contributed by atoms with E-state index in [1.807, 2.05) is 12.1 Å². The standard InChI is InChI=1S/C19H20N2O2S2/c1-13-4-2-5-14-10-15(11-20-16-7-9-25(22,23)12-16)19(21-18(13)14)17-6-3-8-24-17/h2-6,8,10,16,20H,7,9,11-12H2,1H3. The van der Waals surface area contributed by atoms with Gasteiger partial charge >= 0.3 is 0 Å². The summed E-state index contributed by atoms with van der Waals surface area (Å²) in [4.78, 5) is 6.08. The zero-order chi connectivity index (χ0) is 17.4. The molecule has 4 nitrogen and oxygen atoms in total. The summed E-state index contributed by atoms with van der Waals surface area (Å²) >= 11 is 1.68. The Morgan fingerprint density at radius 3 is 2.88 bits per heavy atom. The minimum Gasteiger partial charge on any atom is -0.309 e. The number of pyridine rings is 1. The summed E-state index contributed by atoms with van der Waals surface area (Å²) in [6.45, 7) is 2.71. The molecule has 1 unspecified atom stereocenters. The number of nitrogens with zero attached hydrogens (tertiary/aromatic N) is 1. The van der Waals surface area contributed by atoms with Crippen molar-refractivity contribution >= 4 is 32.1 Å². The van der Waals surface area contributed by atoms with Crippen molar-refractivity contribution in [3.63, 3.8) is 0 Å². The first-order valence-electron chi connectivity index (χ1n) is 8.39. The lowest BCUT2D eigenvalue weighted by Gasteiger charge is -2.14. The van der Waals surface area contributed by atoms with Crippen molar-refractivity contribution in [2.45, 2.75) is 25.9 Å². The van der Waals surface area contributed by atoms with E-state index in [9.17, 15) is 8.42 Å². The maximum Gasteiger partial charge on any atom is 0.151 e. The summed E-state index contributed by atoms with van der Waals surface area (Å²) in [5.41, 5.74) is 4.30. The van der Waals surface area contributed by atoms with Gasteiger partial charge in [0.15, 0.2) is 9.84 Å². The van der Waals surface area contributed by atoms with Crippen LogP contribution in [-0.2, 0) is 16.4 Å². The number of benzene rings is 1. The molecule has 6 heteroatoms. The van der Waals surface area contributed by atoms with Gasteiger partial charge in [0.1, 0.15) is 0 Å². The van der Waals surface area contributed by atoms with Gasteiger partial charge in [0, 0.05) is 18.0 Å². The van der Waals surface area contributed by atoms with Gasteiger partial charge in [-0.25, -0.2) is 13.4 Å². The molecular formula is C19H20N2O2S2. The van der Waals surface area contributed by atoms with Crippen LogP contribution in [0.5, 0.6) is 0 Å². The van der Waals surface area contributed by atoms with E-state index in [-0.39, 0.29) is 17.5 Å². The maximum atomic E-state index is 11.7. The first kappa shape index (κ1) is 16.7. The number of hydrogen-bond acceptors (Lipinski definition) is 5. The van der Waals surface area contributed by atoms with E-state index >= 15 is 0 Å². The van der Waals surface area contributed by atoms with Crippen molar-refractivity contribution < 1.29 is 8.42 Å². The minimum atomic E-state index is -2.87. The number of para-hydroxylation sites is 1. The molecule has 130 valence electrons. The van der Waals surface area contributed by atoms with Gasteiger partial charge in [-0.2, -0.15) is 0 Å². The van der Waals surface area contributed by atoms with Gasteiger partial charge in [0.05, 0.1) is 27.6 Å². The summed E-state index contributed by atoms with van der Waals surface area (Å²) < 4.78 is 23.3. The molecule has 1 saturated heterocycles. The Balaban J connectivity index is 1.70. The number of aromatic nitrogens is 1. The molecular weight excluding hydrogens is 352 g/mol. The highest BCUT2D eigenvalue weighted by Gasteiger charge is 2.27. The van der Waals surface area contributed by atoms with Gasteiger partial charge in [-0.1, -0.05) is 24.3 Å². The van der Waals surface area contributed by atoms with E-state index < -0.39 is 9.84 Å². The van der Waals surface area contributed by atoms with Crippen LogP contribution in [0, 0.1) is 6.92 Å². The number of hydrogen-bond donors (Lipinski definition) is 1. The molecule has 0 radical (unpaired) electrons. The molecule has 4 rings (SSSR count). The monoisotopic (exact) mass is 372 g/mol. The first-order chi connectivity index (χ1) is 12.0. The maximum absolute atomic E-state index is 11.7. The molecule has 0 aliphatic carbocycles. The molecule has 1 aliphatic heterocycles. The summed E-state index contributed by atoms with van der Waals surface area (Å²) in [7, 11) is -2.87. The number of rotatable bonds is 4. The van der Waals surface area contributed by atoms with E-state index in [4.69, 9.17) is 4.98 Å². The van der Waals surface area contributed by atoms with Gasteiger partial charge in [-0.3, -0.25) is 0 Å². The van der Waals surface area contributed by atoms with Crippen LogP contribution in [0.1, 0.15) is 17.5 Å². The Labute approximate surface area is 151 Å². The zero-order valence-corrected chi connectivity index (χ0v) is 15.7. The lowest BCUT2D eigenvalue weighted by Crippen LogP contribution is -2.29. The molecule has 25 heavy (non-hydrogen) atoms. The molecule has 0 amide bonds. The third kappa shape index (κ3) is 3.47. The molecule has 1 atom stereocenters. The van der Waals surface area contributed by atoms with Crippen molar-refractivity contribution in [1.29, 1.82) is 0 Å². The quantitative estimate of drug-likeness (QED) is 0.761. The Morgan fingerprint density at radius 2 is 2.16 bits per heavy atom. The van der Waals surface area contributed by atoms with Crippen LogP contribution in [0.15, 0.2) is 41.8 Å². The number of thiophene rings is 1. The average Bonchev–Trinajstić information content (AvgIpc) is 3.22. The Kier molecular flexibility index (Phi) is 4.35. The van der Waals surface area contributed by atoms with E-state index in [2.05, 4.69) is 41.9 Å². The number of fused-ring (bicyclic) bond motifs is 1. The Morgan fingerprint density at radius 1 is 1.28 bits per heavy atom. The molecule has 1 aliphatic rings. The minimum absolute atomic E-state index is 0.0365. The van der Waals surface area contributed by atoms with Crippen molar-refractivity contribution in [3.05, 3.63) is 52.9 Å². The number of nitrogens with one attached hydrogen (secondary N) is 1. The second kappa shape index (κ2) is 6.52. The van der Waals surface area contributed by atoms with Crippen molar-refractivity contribution in [2.24, 2.45) is 0 Å². The predicted octanol–water partition coefficient (Wildman–Crippen LogP) is 3.55. The number of aryl methyl sites for hydroxylation is 1. The topological polar surface area (TPSA) is 59.1 Å². The normalized spacial score (nSPS) is 19.5. The van der Waals surface area contributed by atoms with Gasteiger partial charge in [-0.05, 0) is 42.0 Å². The predicted molar refractivity (Wildman–Crippen MR) is 104 cm³/mol. The summed E-state index contributed by atoms with van der Waals surface area (Å²) in [5.74, 6) is 0.527. The highest BCUT2D eigenvalue weighted by atomic mass is 32.2. The van der Waals surface area contributed by atoms with Gasteiger partial charge in [-0.15, -0.1) is 11.3 Å². The molecule has 2 aromatic heterocycles. The lowest BCUT2D eigenvalue weighted by molar-refractivity contribution is 0.554. The Bertz CT molecular complexity index is 1010. The molecule has 1 N–H and O–H groups in total. The van der Waals surface area contributed by atoms with Gasteiger partial charge in [0.25, 0.3) is 0 Å². The van der Waals surface area contributed by atoms with Crippen LogP contribution in [0.2, 0.25) is 0 Å². The molecule has 0 spiro atoms. The third-order valence-electron chi connectivity index (χ3n) is 4.69. The van der Waals surface area contributed by atoms with E-state index in [0.29, 0.717) is 13.0 Å². The van der Waals surface area contributed by atoms with Crippen molar-refractivity contribution in [1.82, 2.24) is 10.3 Å². The van der Waals surface area contributed by atoms with Crippen LogP contribution in [-0.4, -0.2) is 30.9 Å². The fraction of sp³-hybridized carbons (Fsp3) is 0.316. The van der Waals surface area contributed by atoms with Gasteiger partial charge in [0.2, 0.25) is 0 Å². The molecule has 1 aromatic carbocycles. The van der Waals surface area contributed by atoms with Crippen LogP contribution in [0.4, 0.5) is 0 Å². The van der Waals surface area contributed by atoms with E-state index in [1.54, 1.807) is 11.3 Å². The smallest absolute Gasteiger partial charge is 0.151 e. The largest absolute Gasteiger partial charge is 0.309 e. The zero-order valence-electron chi connectivity index (χ0n) is 14.0. The van der Waals surface area contributed by atoms with Crippen LogP contribution in [0.25, 0.3) is 21.5 Å². The number of sulfone groups is 1. The summed E-state index contributed by atoms with van der Waals surface area (Å²) in [6.07, 6.45) is 0.691. The second-order valence-electron chi connectivity index (χ2n) is 6.60. The highest BCUT2D eigenvalue weighted by Crippen LogP contribution is 2.30. The van der Waals surface area contributed by atoms with Crippen molar-refractivity contribution in [2.75, 3.05) is 11.5 Å². The van der Waals surface area contributed by atoms with Crippen LogP contribution < -0.4 is 5.32 Å². The average molecular weight is 373 g/mol. The third-order valence-corrected chi connectivity index (χ3v) is 7.34. The molecule has 3 aromatic rings. The summed E-state index contributed by atoms with van der Waals surface area (Å²) in [5, 5.41) is 6.60. The SMILES string of the molecule is Cc1cccc2cc(CNC3CCS(=O)(=O)C3)c(-c3cccs3)nc12. The van der Waals surface area contributed by atoms with E-state index in [0.717, 1.165) is 32.6 Å². The fourth-order valence-electron chi connectivity index (χ4n) is 3.36. The molecule has 0 saturated carbocycles. The van der Waals surface area contributed by atoms with Crippen LogP contribution >= 0.6 is 11.3 Å². The lowest BCUT2D eigenvalue weighted by atomic mass is 10.0. The van der Waals surface area contributed by atoms with Crippen molar-refractivity contribution in [3.8, 4) is 10.6 Å². The fourth-order valence-corrected chi connectivity index (χ4v) is 5.82. The van der Waals surface area contributed by atoms with Gasteiger partial charge < -0.3 is 5.32 Å². The molecule has 0 bridgehead atoms. The summed E-state index contributed by atoms with van der Waals surface area (Å²) in [6, 6.07) is 12.5.